The number of carbonyl (C=O) groups excluding carboxylic acids is 3. The maximum atomic E-state index is 13.2. The molecule has 2 aromatic carbocycles. The molecule has 0 bridgehead atoms. The van der Waals surface area contributed by atoms with Gasteiger partial charge in [0.05, 0.1) is 19.2 Å². The van der Waals surface area contributed by atoms with Gasteiger partial charge in [-0.25, -0.2) is 0 Å². The molecule has 1 heterocycles. The number of aryl methyl sites for hydroxylation is 2. The van der Waals surface area contributed by atoms with E-state index in [9.17, 15) is 14.4 Å². The largest absolute Gasteiger partial charge is 0.465 e. The van der Waals surface area contributed by atoms with E-state index in [1.807, 2.05) is 54.6 Å². The Labute approximate surface area is 177 Å². The van der Waals surface area contributed by atoms with Gasteiger partial charge >= 0.3 is 5.97 Å². The monoisotopic (exact) mass is 408 g/mol. The molecule has 0 unspecified atom stereocenters. The number of aldehydes is 1. The van der Waals surface area contributed by atoms with Crippen molar-refractivity contribution in [3.05, 3.63) is 65.7 Å². The average Bonchev–Trinajstić information content (AvgIpc) is 2.89. The first-order valence-electron chi connectivity index (χ1n) is 10.4. The minimum atomic E-state index is -0.599. The van der Waals surface area contributed by atoms with Crippen LogP contribution in [0.2, 0.25) is 0 Å². The van der Waals surface area contributed by atoms with Gasteiger partial charge < -0.3 is 14.4 Å². The van der Waals surface area contributed by atoms with Crippen molar-refractivity contribution >= 4 is 23.9 Å². The highest BCUT2D eigenvalue weighted by Gasteiger charge is 2.33. The molecule has 0 saturated heterocycles. The van der Waals surface area contributed by atoms with E-state index in [1.165, 1.54) is 4.90 Å². The van der Waals surface area contributed by atoms with Gasteiger partial charge in [-0.15, -0.1) is 0 Å². The number of nitrogens with zero attached hydrogens (tertiary/aromatic N) is 1. The Morgan fingerprint density at radius 3 is 2.67 bits per heavy atom. The van der Waals surface area contributed by atoms with E-state index in [0.29, 0.717) is 25.7 Å². The molecule has 30 heavy (non-hydrogen) atoms. The molecular formula is C24H28N2O4. The fraction of sp³-hybridized carbons (Fsp3) is 0.375. The van der Waals surface area contributed by atoms with Crippen LogP contribution in [-0.2, 0) is 32.0 Å². The number of para-hydroxylation sites is 1. The zero-order chi connectivity index (χ0) is 21.3. The molecule has 6 heteroatoms. The van der Waals surface area contributed by atoms with E-state index < -0.39 is 12.1 Å². The van der Waals surface area contributed by atoms with Crippen LogP contribution in [0.1, 0.15) is 30.9 Å². The highest BCUT2D eigenvalue weighted by atomic mass is 16.5. The minimum Gasteiger partial charge on any atom is -0.465 e. The smallest absolute Gasteiger partial charge is 0.323 e. The van der Waals surface area contributed by atoms with Crippen molar-refractivity contribution in [3.63, 3.8) is 0 Å². The number of ether oxygens (including phenoxy) is 1. The molecule has 1 N–H and O–H groups in total. The molecule has 0 aliphatic carbocycles. The summed E-state index contributed by atoms with van der Waals surface area (Å²) in [6.45, 7) is 2.04. The zero-order valence-electron chi connectivity index (χ0n) is 17.3. The van der Waals surface area contributed by atoms with Crippen molar-refractivity contribution in [2.75, 3.05) is 18.1 Å². The Morgan fingerprint density at radius 1 is 1.20 bits per heavy atom. The summed E-state index contributed by atoms with van der Waals surface area (Å²) >= 11 is 0. The molecule has 1 aliphatic heterocycles. The average molecular weight is 408 g/mol. The molecule has 0 aromatic heterocycles. The normalized spacial score (nSPS) is 17.0. The van der Waals surface area contributed by atoms with Crippen molar-refractivity contribution < 1.29 is 19.1 Å². The number of hydrogen-bond acceptors (Lipinski definition) is 5. The predicted molar refractivity (Wildman–Crippen MR) is 115 cm³/mol. The molecule has 158 valence electrons. The van der Waals surface area contributed by atoms with Crippen LogP contribution in [-0.4, -0.2) is 43.4 Å². The Balaban J connectivity index is 1.77. The fourth-order valence-corrected chi connectivity index (χ4v) is 3.84. The molecule has 1 aliphatic rings. The Kier molecular flexibility index (Phi) is 7.74. The molecule has 0 spiro atoms. The second-order valence-electron chi connectivity index (χ2n) is 7.33. The SMILES string of the molecule is CCOC(=O)[C@H](CCc1ccccc1)N[C@H]1CCc2ccccc2N(CC=O)C1=O. The van der Waals surface area contributed by atoms with Crippen LogP contribution in [0.15, 0.2) is 54.6 Å². The van der Waals surface area contributed by atoms with Crippen LogP contribution < -0.4 is 10.2 Å². The van der Waals surface area contributed by atoms with Crippen molar-refractivity contribution in [2.24, 2.45) is 0 Å². The van der Waals surface area contributed by atoms with Gasteiger partial charge in [-0.1, -0.05) is 48.5 Å². The van der Waals surface area contributed by atoms with Gasteiger partial charge in [0, 0.05) is 5.69 Å². The molecule has 6 nitrogen and oxygen atoms in total. The van der Waals surface area contributed by atoms with Gasteiger partial charge in [-0.05, 0) is 49.8 Å². The summed E-state index contributed by atoms with van der Waals surface area (Å²) in [6, 6.07) is 16.4. The standard InChI is InChI=1S/C24H28N2O4/c1-2-30-24(29)21(14-12-18-8-4-3-5-9-18)25-20-15-13-19-10-6-7-11-22(19)26(16-17-27)23(20)28/h3-11,17,20-21,25H,2,12-16H2,1H3/t20-,21-/m0/s1. The summed E-state index contributed by atoms with van der Waals surface area (Å²) in [5.74, 6) is -0.550. The van der Waals surface area contributed by atoms with Crippen LogP contribution in [0.4, 0.5) is 5.69 Å². The maximum Gasteiger partial charge on any atom is 0.323 e. The number of hydrogen-bond donors (Lipinski definition) is 1. The Morgan fingerprint density at radius 2 is 1.93 bits per heavy atom. The summed E-state index contributed by atoms with van der Waals surface area (Å²) in [5.41, 5.74) is 2.90. The number of nitrogens with one attached hydrogen (secondary N) is 1. The third-order valence-corrected chi connectivity index (χ3v) is 5.34. The predicted octanol–water partition coefficient (Wildman–Crippen LogP) is 2.69. The maximum absolute atomic E-state index is 13.2. The summed E-state index contributed by atoms with van der Waals surface area (Å²) in [5, 5.41) is 3.24. The molecule has 0 fully saturated rings. The first kappa shape index (κ1) is 21.7. The van der Waals surface area contributed by atoms with Crippen LogP contribution >= 0.6 is 0 Å². The highest BCUT2D eigenvalue weighted by Crippen LogP contribution is 2.27. The number of esters is 1. The molecule has 0 saturated carbocycles. The van der Waals surface area contributed by atoms with Crippen LogP contribution in [0, 0.1) is 0 Å². The van der Waals surface area contributed by atoms with Crippen LogP contribution in [0.25, 0.3) is 0 Å². The third kappa shape index (κ3) is 5.33. The lowest BCUT2D eigenvalue weighted by atomic mass is 10.0. The summed E-state index contributed by atoms with van der Waals surface area (Å²) in [4.78, 5) is 38.6. The number of fused-ring (bicyclic) bond motifs is 1. The van der Waals surface area contributed by atoms with Gasteiger partial charge in [-0.2, -0.15) is 0 Å². The zero-order valence-corrected chi connectivity index (χ0v) is 17.3. The molecule has 2 atom stereocenters. The van der Waals surface area contributed by atoms with Crippen molar-refractivity contribution in [3.8, 4) is 0 Å². The summed E-state index contributed by atoms with van der Waals surface area (Å²) < 4.78 is 5.25. The van der Waals surface area contributed by atoms with Gasteiger partial charge in [0.15, 0.2) is 0 Å². The summed E-state index contributed by atoms with van der Waals surface area (Å²) in [6.07, 6.45) is 3.18. The number of benzene rings is 2. The second kappa shape index (κ2) is 10.7. The Bertz CT molecular complexity index is 869. The molecule has 3 rings (SSSR count). The van der Waals surface area contributed by atoms with Gasteiger partial charge in [0.2, 0.25) is 5.91 Å². The molecule has 2 aromatic rings. The van der Waals surface area contributed by atoms with Crippen LogP contribution in [0.3, 0.4) is 0 Å². The van der Waals surface area contributed by atoms with Gasteiger partial charge in [0.1, 0.15) is 12.3 Å². The lowest BCUT2D eigenvalue weighted by Gasteiger charge is -2.27. The van der Waals surface area contributed by atoms with E-state index in [0.717, 1.165) is 23.1 Å². The van der Waals surface area contributed by atoms with Gasteiger partial charge in [0.25, 0.3) is 0 Å². The number of amides is 1. The van der Waals surface area contributed by atoms with Crippen molar-refractivity contribution in [2.45, 2.75) is 44.7 Å². The van der Waals surface area contributed by atoms with E-state index in [-0.39, 0.29) is 25.0 Å². The highest BCUT2D eigenvalue weighted by molar-refractivity contribution is 6.00. The number of rotatable bonds is 9. The van der Waals surface area contributed by atoms with E-state index in [2.05, 4.69) is 5.32 Å². The second-order valence-corrected chi connectivity index (χ2v) is 7.33. The van der Waals surface area contributed by atoms with Gasteiger partial charge in [-0.3, -0.25) is 14.9 Å². The van der Waals surface area contributed by atoms with E-state index >= 15 is 0 Å². The lowest BCUT2D eigenvalue weighted by Crippen LogP contribution is -2.52. The minimum absolute atomic E-state index is 0.0118. The first-order valence-corrected chi connectivity index (χ1v) is 10.4. The van der Waals surface area contributed by atoms with Crippen molar-refractivity contribution in [1.82, 2.24) is 5.32 Å². The van der Waals surface area contributed by atoms with Crippen molar-refractivity contribution in [1.29, 1.82) is 0 Å². The Hall–Kier alpha value is -2.99. The lowest BCUT2D eigenvalue weighted by molar-refractivity contribution is -0.146. The fourth-order valence-electron chi connectivity index (χ4n) is 3.84. The quantitative estimate of drug-likeness (QED) is 0.510. The number of anilines is 1. The van der Waals surface area contributed by atoms with E-state index in [1.54, 1.807) is 6.92 Å². The first-order chi connectivity index (χ1) is 14.6. The van der Waals surface area contributed by atoms with E-state index in [4.69, 9.17) is 4.74 Å². The number of carbonyl (C=O) groups is 3. The topological polar surface area (TPSA) is 75.7 Å². The molecular weight excluding hydrogens is 380 g/mol. The van der Waals surface area contributed by atoms with Crippen LogP contribution in [0.5, 0.6) is 0 Å². The molecule has 0 radical (unpaired) electrons. The third-order valence-electron chi connectivity index (χ3n) is 5.34. The summed E-state index contributed by atoms with van der Waals surface area (Å²) in [7, 11) is 0. The molecule has 1 amide bonds.